The van der Waals surface area contributed by atoms with Crippen LogP contribution in [0.4, 0.5) is 0 Å². The maximum absolute atomic E-state index is 12.4. The molecule has 0 aromatic heterocycles. The molecule has 1 atom stereocenters. The number of hydrogen-bond donors (Lipinski definition) is 1. The number of benzene rings is 1. The summed E-state index contributed by atoms with van der Waals surface area (Å²) in [6.45, 7) is 7.91. The Kier molecular flexibility index (Phi) is 12.0. The maximum Gasteiger partial charge on any atom is 0.308 e. The summed E-state index contributed by atoms with van der Waals surface area (Å²) in [5.74, 6) is -0.423. The van der Waals surface area contributed by atoms with Gasteiger partial charge >= 0.3 is 5.97 Å². The molecule has 1 N–H and O–H groups in total. The van der Waals surface area contributed by atoms with E-state index in [1.165, 1.54) is 26.2 Å². The molecule has 168 valence electrons. The van der Waals surface area contributed by atoms with Crippen LogP contribution in [-0.2, 0) is 19.9 Å². The summed E-state index contributed by atoms with van der Waals surface area (Å²) in [6.07, 6.45) is 9.09. The smallest absolute Gasteiger partial charge is 0.308 e. The first-order chi connectivity index (χ1) is 14.3. The summed E-state index contributed by atoms with van der Waals surface area (Å²) in [7, 11) is 0. The van der Waals surface area contributed by atoms with E-state index in [1.54, 1.807) is 12.1 Å². The molecule has 0 fully saturated rings. The van der Waals surface area contributed by atoms with Crippen molar-refractivity contribution >= 4 is 17.7 Å². The highest BCUT2D eigenvalue weighted by molar-refractivity contribution is 5.96. The van der Waals surface area contributed by atoms with E-state index < -0.39 is 5.54 Å². The average Bonchev–Trinajstić information content (AvgIpc) is 2.70. The van der Waals surface area contributed by atoms with Crippen LogP contribution in [0.25, 0.3) is 0 Å². The number of rotatable bonds is 15. The lowest BCUT2D eigenvalue weighted by Crippen LogP contribution is -2.44. The molecule has 0 saturated carbocycles. The lowest BCUT2D eigenvalue weighted by molar-refractivity contribution is -0.145. The number of ketones is 1. The Morgan fingerprint density at radius 2 is 1.50 bits per heavy atom. The standard InChI is InChI=1S/C25H39NO4/c1-5-7-9-10-11-13-23(28)21-14-16-22(17-15-21)25(4,26-20(3)27)19-24(29)30-18-12-8-6-2/h14-17H,5-13,18-19H2,1-4H3,(H,26,27). The van der Waals surface area contributed by atoms with Gasteiger partial charge in [-0.25, -0.2) is 0 Å². The number of ether oxygens (including phenoxy) is 1. The topological polar surface area (TPSA) is 72.5 Å². The van der Waals surface area contributed by atoms with Crippen LogP contribution in [0, 0.1) is 0 Å². The van der Waals surface area contributed by atoms with Crippen LogP contribution >= 0.6 is 0 Å². The second-order valence-electron chi connectivity index (χ2n) is 8.28. The lowest BCUT2D eigenvalue weighted by atomic mass is 9.87. The van der Waals surface area contributed by atoms with Gasteiger partial charge < -0.3 is 10.1 Å². The molecule has 0 aliphatic carbocycles. The molecular formula is C25H39NO4. The molecule has 1 unspecified atom stereocenters. The van der Waals surface area contributed by atoms with Crippen molar-refractivity contribution in [2.24, 2.45) is 0 Å². The third-order valence-electron chi connectivity index (χ3n) is 5.31. The monoisotopic (exact) mass is 417 g/mol. The van der Waals surface area contributed by atoms with Crippen molar-refractivity contribution in [3.63, 3.8) is 0 Å². The number of esters is 1. The molecule has 5 heteroatoms. The van der Waals surface area contributed by atoms with Gasteiger partial charge in [-0.1, -0.05) is 76.6 Å². The second-order valence-corrected chi connectivity index (χ2v) is 8.28. The maximum atomic E-state index is 12.4. The van der Waals surface area contributed by atoms with Crippen LogP contribution in [0.2, 0.25) is 0 Å². The van der Waals surface area contributed by atoms with Crippen molar-refractivity contribution in [3.05, 3.63) is 35.4 Å². The number of carbonyl (C=O) groups excluding carboxylic acids is 3. The zero-order valence-corrected chi connectivity index (χ0v) is 19.2. The Balaban J connectivity index is 2.75. The van der Waals surface area contributed by atoms with Crippen molar-refractivity contribution in [1.82, 2.24) is 5.32 Å². The molecule has 1 aromatic carbocycles. The van der Waals surface area contributed by atoms with E-state index >= 15 is 0 Å². The molecule has 0 spiro atoms. The predicted octanol–water partition coefficient (Wildman–Crippen LogP) is 5.70. The molecule has 1 amide bonds. The molecule has 0 aliphatic rings. The van der Waals surface area contributed by atoms with Gasteiger partial charge in [0, 0.05) is 18.9 Å². The fourth-order valence-electron chi connectivity index (χ4n) is 3.54. The van der Waals surface area contributed by atoms with Crippen molar-refractivity contribution in [2.45, 2.75) is 97.4 Å². The summed E-state index contributed by atoms with van der Waals surface area (Å²) in [5.41, 5.74) is 0.569. The Labute approximate surface area is 182 Å². The largest absolute Gasteiger partial charge is 0.466 e. The van der Waals surface area contributed by atoms with Gasteiger partial charge in [0.2, 0.25) is 5.91 Å². The van der Waals surface area contributed by atoms with E-state index in [1.807, 2.05) is 19.1 Å². The van der Waals surface area contributed by atoms with Gasteiger partial charge in [0.15, 0.2) is 5.78 Å². The molecular weight excluding hydrogens is 378 g/mol. The molecule has 0 saturated heterocycles. The Morgan fingerprint density at radius 3 is 2.10 bits per heavy atom. The first kappa shape index (κ1) is 25.9. The first-order valence-electron chi connectivity index (χ1n) is 11.4. The van der Waals surface area contributed by atoms with E-state index in [0.717, 1.165) is 37.7 Å². The molecule has 5 nitrogen and oxygen atoms in total. The number of nitrogens with one attached hydrogen (secondary N) is 1. The van der Waals surface area contributed by atoms with Crippen LogP contribution in [0.15, 0.2) is 24.3 Å². The van der Waals surface area contributed by atoms with Gasteiger partial charge in [-0.05, 0) is 25.3 Å². The molecule has 1 aromatic rings. The number of unbranched alkanes of at least 4 members (excludes halogenated alkanes) is 6. The average molecular weight is 418 g/mol. The molecule has 1 rings (SSSR count). The lowest BCUT2D eigenvalue weighted by Gasteiger charge is -2.30. The highest BCUT2D eigenvalue weighted by Gasteiger charge is 2.31. The minimum absolute atomic E-state index is 0.0451. The van der Waals surface area contributed by atoms with Gasteiger partial charge in [0.05, 0.1) is 18.6 Å². The first-order valence-corrected chi connectivity index (χ1v) is 11.4. The van der Waals surface area contributed by atoms with Crippen LogP contribution in [0.1, 0.15) is 108 Å². The Morgan fingerprint density at radius 1 is 0.900 bits per heavy atom. The van der Waals surface area contributed by atoms with Crippen molar-refractivity contribution in [2.75, 3.05) is 6.61 Å². The molecule has 0 heterocycles. The van der Waals surface area contributed by atoms with E-state index in [0.29, 0.717) is 18.6 Å². The van der Waals surface area contributed by atoms with Gasteiger partial charge in [-0.2, -0.15) is 0 Å². The Hall–Kier alpha value is -2.17. The minimum atomic E-state index is -0.880. The molecule has 0 aliphatic heterocycles. The zero-order valence-electron chi connectivity index (χ0n) is 19.2. The quantitative estimate of drug-likeness (QED) is 0.225. The molecule has 0 bridgehead atoms. The third-order valence-corrected chi connectivity index (χ3v) is 5.31. The number of amides is 1. The van der Waals surface area contributed by atoms with Gasteiger partial charge in [-0.3, -0.25) is 14.4 Å². The van der Waals surface area contributed by atoms with E-state index in [9.17, 15) is 14.4 Å². The second kappa shape index (κ2) is 13.9. The van der Waals surface area contributed by atoms with Gasteiger partial charge in [-0.15, -0.1) is 0 Å². The summed E-state index contributed by atoms with van der Waals surface area (Å²) in [4.78, 5) is 36.5. The summed E-state index contributed by atoms with van der Waals surface area (Å²) < 4.78 is 5.33. The van der Waals surface area contributed by atoms with Crippen LogP contribution in [0.3, 0.4) is 0 Å². The molecule has 0 radical (unpaired) electrons. The van der Waals surface area contributed by atoms with Crippen LogP contribution in [-0.4, -0.2) is 24.3 Å². The predicted molar refractivity (Wildman–Crippen MR) is 120 cm³/mol. The highest BCUT2D eigenvalue weighted by Crippen LogP contribution is 2.26. The van der Waals surface area contributed by atoms with Gasteiger partial charge in [0.1, 0.15) is 0 Å². The third kappa shape index (κ3) is 9.55. The van der Waals surface area contributed by atoms with E-state index in [2.05, 4.69) is 19.2 Å². The minimum Gasteiger partial charge on any atom is -0.466 e. The van der Waals surface area contributed by atoms with E-state index in [4.69, 9.17) is 4.74 Å². The van der Waals surface area contributed by atoms with Crippen molar-refractivity contribution in [3.8, 4) is 0 Å². The zero-order chi connectivity index (χ0) is 22.4. The highest BCUT2D eigenvalue weighted by atomic mass is 16.5. The van der Waals surface area contributed by atoms with E-state index in [-0.39, 0.29) is 24.1 Å². The van der Waals surface area contributed by atoms with Crippen LogP contribution in [0.5, 0.6) is 0 Å². The Bertz CT molecular complexity index is 668. The number of Topliss-reactive ketones (excluding diaryl/α,β-unsaturated/α-hetero) is 1. The number of carbonyl (C=O) groups is 3. The van der Waals surface area contributed by atoms with Crippen LogP contribution < -0.4 is 5.32 Å². The van der Waals surface area contributed by atoms with Crippen molar-refractivity contribution in [1.29, 1.82) is 0 Å². The fraction of sp³-hybridized carbons (Fsp3) is 0.640. The summed E-state index contributed by atoms with van der Waals surface area (Å²) in [5, 5.41) is 2.88. The summed E-state index contributed by atoms with van der Waals surface area (Å²) in [6, 6.07) is 7.22. The molecule has 30 heavy (non-hydrogen) atoms. The van der Waals surface area contributed by atoms with Crippen molar-refractivity contribution < 1.29 is 19.1 Å². The fourth-order valence-corrected chi connectivity index (χ4v) is 3.54. The summed E-state index contributed by atoms with van der Waals surface area (Å²) >= 11 is 0. The number of hydrogen-bond acceptors (Lipinski definition) is 4. The SMILES string of the molecule is CCCCCCCC(=O)c1ccc(C(C)(CC(=O)OCCCCC)NC(C)=O)cc1. The van der Waals surface area contributed by atoms with Gasteiger partial charge in [0.25, 0.3) is 0 Å². The normalized spacial score (nSPS) is 12.8.